The van der Waals surface area contributed by atoms with Gasteiger partial charge in [-0.1, -0.05) is 30.3 Å². The zero-order valence-corrected chi connectivity index (χ0v) is 10.8. The van der Waals surface area contributed by atoms with Crippen molar-refractivity contribution < 1.29 is 30.3 Å². The van der Waals surface area contributed by atoms with Crippen LogP contribution in [0.4, 0.5) is 0 Å². The molecular formula is C13H19NO6. The Morgan fingerprint density at radius 1 is 1.05 bits per heavy atom. The molecule has 0 aliphatic carbocycles. The second-order valence-electron chi connectivity index (χ2n) is 4.38. The Morgan fingerprint density at radius 3 is 2.20 bits per heavy atom. The van der Waals surface area contributed by atoms with Gasteiger partial charge >= 0.3 is 0 Å². The van der Waals surface area contributed by atoms with Crippen molar-refractivity contribution in [2.24, 2.45) is 0 Å². The summed E-state index contributed by atoms with van der Waals surface area (Å²) in [5.41, 5.74) is 0.804. The summed E-state index contributed by atoms with van der Waals surface area (Å²) in [5, 5.41) is 48.6. The normalized spacial score (nSPS) is 17.1. The van der Waals surface area contributed by atoms with E-state index in [1.54, 1.807) is 24.3 Å². The van der Waals surface area contributed by atoms with E-state index in [-0.39, 0.29) is 6.54 Å². The van der Waals surface area contributed by atoms with Crippen LogP contribution in [0.3, 0.4) is 0 Å². The monoisotopic (exact) mass is 285 g/mol. The number of aliphatic hydroxyl groups excluding tert-OH is 5. The van der Waals surface area contributed by atoms with Crippen LogP contribution in [-0.4, -0.2) is 62.5 Å². The van der Waals surface area contributed by atoms with E-state index in [1.165, 1.54) is 0 Å². The number of nitrogens with one attached hydrogen (secondary N) is 1. The highest BCUT2D eigenvalue weighted by Crippen LogP contribution is 2.06. The van der Waals surface area contributed by atoms with Gasteiger partial charge in [-0.05, 0) is 5.56 Å². The van der Waals surface area contributed by atoms with Crippen LogP contribution in [0.25, 0.3) is 0 Å². The van der Waals surface area contributed by atoms with Crippen molar-refractivity contribution in [2.45, 2.75) is 31.0 Å². The third-order valence-corrected chi connectivity index (χ3v) is 2.83. The molecule has 1 rings (SSSR count). The van der Waals surface area contributed by atoms with Crippen molar-refractivity contribution in [1.82, 2.24) is 5.32 Å². The van der Waals surface area contributed by atoms with Gasteiger partial charge in [0.05, 0.1) is 6.61 Å². The van der Waals surface area contributed by atoms with Crippen LogP contribution < -0.4 is 5.32 Å². The molecule has 0 saturated carbocycles. The first kappa shape index (κ1) is 16.5. The number of rotatable bonds is 7. The van der Waals surface area contributed by atoms with Gasteiger partial charge < -0.3 is 30.8 Å². The molecule has 0 unspecified atom stereocenters. The highest BCUT2D eigenvalue weighted by atomic mass is 16.4. The molecule has 7 nitrogen and oxygen atoms in total. The lowest BCUT2D eigenvalue weighted by Crippen LogP contribution is -2.51. The highest BCUT2D eigenvalue weighted by molar-refractivity contribution is 5.81. The molecule has 0 aliphatic rings. The molecule has 0 saturated heterocycles. The van der Waals surface area contributed by atoms with Crippen LogP contribution in [0.15, 0.2) is 30.3 Å². The van der Waals surface area contributed by atoms with Gasteiger partial charge in [-0.3, -0.25) is 4.79 Å². The lowest BCUT2D eigenvalue weighted by Gasteiger charge is -2.24. The van der Waals surface area contributed by atoms with E-state index in [1.807, 2.05) is 6.07 Å². The van der Waals surface area contributed by atoms with Crippen LogP contribution in [0, 0.1) is 0 Å². The van der Waals surface area contributed by atoms with E-state index in [0.717, 1.165) is 5.56 Å². The van der Waals surface area contributed by atoms with Gasteiger partial charge in [-0.2, -0.15) is 0 Å². The summed E-state index contributed by atoms with van der Waals surface area (Å²) >= 11 is 0. The average Bonchev–Trinajstić information content (AvgIpc) is 2.50. The Labute approximate surface area is 116 Å². The van der Waals surface area contributed by atoms with Crippen molar-refractivity contribution in [2.75, 3.05) is 6.61 Å². The Morgan fingerprint density at radius 2 is 1.65 bits per heavy atom. The topological polar surface area (TPSA) is 130 Å². The number of hydrogen-bond donors (Lipinski definition) is 6. The number of benzene rings is 1. The molecule has 1 amide bonds. The zero-order valence-electron chi connectivity index (χ0n) is 10.8. The van der Waals surface area contributed by atoms with Gasteiger partial charge in [0.1, 0.15) is 18.3 Å². The molecule has 0 aliphatic heterocycles. The average molecular weight is 285 g/mol. The van der Waals surface area contributed by atoms with Crippen LogP contribution >= 0.6 is 0 Å². The standard InChI is InChI=1S/C13H19NO6/c15-7-9(16)10(17)11(18)12(19)13(20)14-6-8-4-2-1-3-5-8/h1-5,9-12,15-19H,6-7H2,(H,14,20)/t9-,10-,11+,12+/m1/s1. The molecule has 0 radical (unpaired) electrons. The first-order valence-electron chi connectivity index (χ1n) is 6.12. The van der Waals surface area contributed by atoms with Gasteiger partial charge in [0, 0.05) is 6.54 Å². The van der Waals surface area contributed by atoms with E-state index in [9.17, 15) is 20.1 Å². The molecule has 7 heteroatoms. The number of carbonyl (C=O) groups is 1. The minimum absolute atomic E-state index is 0.155. The van der Waals surface area contributed by atoms with E-state index in [4.69, 9.17) is 10.2 Å². The summed E-state index contributed by atoms with van der Waals surface area (Å²) < 4.78 is 0. The van der Waals surface area contributed by atoms with Crippen LogP contribution in [0.1, 0.15) is 5.56 Å². The largest absolute Gasteiger partial charge is 0.394 e. The third-order valence-electron chi connectivity index (χ3n) is 2.83. The lowest BCUT2D eigenvalue weighted by molar-refractivity contribution is -0.149. The molecule has 112 valence electrons. The molecule has 20 heavy (non-hydrogen) atoms. The van der Waals surface area contributed by atoms with Gasteiger partial charge in [0.2, 0.25) is 0 Å². The smallest absolute Gasteiger partial charge is 0.251 e. The minimum atomic E-state index is -1.91. The molecule has 0 aromatic heterocycles. The Hall–Kier alpha value is -1.51. The van der Waals surface area contributed by atoms with Crippen molar-refractivity contribution in [3.05, 3.63) is 35.9 Å². The fraction of sp³-hybridized carbons (Fsp3) is 0.462. The summed E-state index contributed by atoms with van der Waals surface area (Å²) in [6.45, 7) is -0.640. The third kappa shape index (κ3) is 4.55. The molecule has 4 atom stereocenters. The maximum Gasteiger partial charge on any atom is 0.251 e. The summed E-state index contributed by atoms with van der Waals surface area (Å²) in [6.07, 6.45) is -7.26. The predicted octanol–water partition coefficient (Wildman–Crippen LogP) is -2.26. The van der Waals surface area contributed by atoms with Crippen molar-refractivity contribution in [3.63, 3.8) is 0 Å². The first-order valence-corrected chi connectivity index (χ1v) is 6.12. The fourth-order valence-corrected chi connectivity index (χ4v) is 1.57. The van der Waals surface area contributed by atoms with E-state index >= 15 is 0 Å². The van der Waals surface area contributed by atoms with Crippen LogP contribution in [0.2, 0.25) is 0 Å². The first-order chi connectivity index (χ1) is 9.47. The van der Waals surface area contributed by atoms with Gasteiger partial charge in [0.15, 0.2) is 6.10 Å². The summed E-state index contributed by atoms with van der Waals surface area (Å²) in [6, 6.07) is 8.93. The Bertz CT molecular complexity index is 413. The number of hydrogen-bond acceptors (Lipinski definition) is 6. The van der Waals surface area contributed by atoms with Crippen molar-refractivity contribution in [3.8, 4) is 0 Å². The molecule has 0 fully saturated rings. The second-order valence-corrected chi connectivity index (χ2v) is 4.38. The van der Waals surface area contributed by atoms with Crippen molar-refractivity contribution in [1.29, 1.82) is 0 Å². The molecule has 6 N–H and O–H groups in total. The van der Waals surface area contributed by atoms with Crippen LogP contribution in [0.5, 0.6) is 0 Å². The number of amides is 1. The fourth-order valence-electron chi connectivity index (χ4n) is 1.57. The maximum atomic E-state index is 11.6. The maximum absolute atomic E-state index is 11.6. The molecule has 0 spiro atoms. The van der Waals surface area contributed by atoms with E-state index in [0.29, 0.717) is 0 Å². The second kappa shape index (κ2) is 7.93. The zero-order chi connectivity index (χ0) is 15.1. The molecule has 1 aromatic carbocycles. The van der Waals surface area contributed by atoms with Gasteiger partial charge in [-0.15, -0.1) is 0 Å². The molecule has 0 bridgehead atoms. The van der Waals surface area contributed by atoms with Gasteiger partial charge in [0.25, 0.3) is 5.91 Å². The molecular weight excluding hydrogens is 266 g/mol. The summed E-state index contributed by atoms with van der Waals surface area (Å²) in [5.74, 6) is -0.884. The van der Waals surface area contributed by atoms with E-state index in [2.05, 4.69) is 5.32 Å². The predicted molar refractivity (Wildman–Crippen MR) is 69.4 cm³/mol. The van der Waals surface area contributed by atoms with Crippen molar-refractivity contribution >= 4 is 5.91 Å². The van der Waals surface area contributed by atoms with Gasteiger partial charge in [-0.25, -0.2) is 0 Å². The molecule has 1 aromatic rings. The Balaban J connectivity index is 2.50. The minimum Gasteiger partial charge on any atom is -0.394 e. The van der Waals surface area contributed by atoms with E-state index < -0.39 is 36.9 Å². The number of carbonyl (C=O) groups excluding carboxylic acids is 1. The quantitative estimate of drug-likeness (QED) is 0.335. The molecule has 0 heterocycles. The van der Waals surface area contributed by atoms with Crippen LogP contribution in [-0.2, 0) is 11.3 Å². The highest BCUT2D eigenvalue weighted by Gasteiger charge is 2.33. The SMILES string of the molecule is O=C(NCc1ccccc1)[C@@H](O)[C@@H](O)[C@H](O)[C@H](O)CO. The number of aliphatic hydroxyl groups is 5. The lowest BCUT2D eigenvalue weighted by atomic mass is 10.0. The Kier molecular flexibility index (Phi) is 6.56. The summed E-state index contributed by atoms with van der Waals surface area (Å²) in [4.78, 5) is 11.6. The summed E-state index contributed by atoms with van der Waals surface area (Å²) in [7, 11) is 0.